The van der Waals surface area contributed by atoms with Crippen LogP contribution in [0.15, 0.2) is 51.1 Å². The molecule has 1 aromatic heterocycles. The fourth-order valence-corrected chi connectivity index (χ4v) is 4.00. The minimum Gasteiger partial charge on any atom is -0.495 e. The van der Waals surface area contributed by atoms with Crippen molar-refractivity contribution in [2.75, 3.05) is 28.4 Å². The van der Waals surface area contributed by atoms with Gasteiger partial charge in [0.2, 0.25) is 11.6 Å². The molecule has 0 spiro atoms. The lowest BCUT2D eigenvalue weighted by molar-refractivity contribution is 0.320. The molecule has 0 saturated heterocycles. The van der Waals surface area contributed by atoms with Crippen molar-refractivity contribution in [2.45, 2.75) is 12.5 Å². The Labute approximate surface area is 194 Å². The van der Waals surface area contributed by atoms with Gasteiger partial charge in [0.25, 0.3) is 5.56 Å². The van der Waals surface area contributed by atoms with E-state index in [2.05, 4.69) is 15.5 Å². The molecule has 0 saturated carbocycles. The van der Waals surface area contributed by atoms with E-state index in [1.54, 1.807) is 36.4 Å². The predicted molar refractivity (Wildman–Crippen MR) is 124 cm³/mol. The van der Waals surface area contributed by atoms with E-state index in [0.717, 1.165) is 4.57 Å². The Balaban J connectivity index is 1.76. The van der Waals surface area contributed by atoms with Crippen molar-refractivity contribution >= 4 is 5.71 Å². The number of aromatic amines is 1. The molecule has 34 heavy (non-hydrogen) atoms. The Kier molecular flexibility index (Phi) is 6.17. The summed E-state index contributed by atoms with van der Waals surface area (Å²) in [5, 5.41) is 15.3. The van der Waals surface area contributed by atoms with E-state index in [-0.39, 0.29) is 23.4 Å². The number of hydrazone groups is 1. The van der Waals surface area contributed by atoms with Gasteiger partial charge >= 0.3 is 5.69 Å². The highest BCUT2D eigenvalue weighted by molar-refractivity contribution is 6.03. The lowest BCUT2D eigenvalue weighted by atomic mass is 9.98. The van der Waals surface area contributed by atoms with E-state index in [9.17, 15) is 14.7 Å². The fraction of sp³-hybridized carbons (Fsp3) is 0.261. The van der Waals surface area contributed by atoms with E-state index in [1.807, 2.05) is 0 Å². The molecular formula is C23H24N4O7. The van der Waals surface area contributed by atoms with E-state index in [4.69, 9.17) is 18.9 Å². The van der Waals surface area contributed by atoms with Crippen molar-refractivity contribution in [2.24, 2.45) is 5.10 Å². The Morgan fingerprint density at radius 2 is 1.65 bits per heavy atom. The maximum atomic E-state index is 12.7. The highest BCUT2D eigenvalue weighted by Crippen LogP contribution is 2.43. The van der Waals surface area contributed by atoms with Crippen molar-refractivity contribution in [1.29, 1.82) is 0 Å². The second kappa shape index (κ2) is 9.22. The average Bonchev–Trinajstić information content (AvgIpc) is 3.32. The van der Waals surface area contributed by atoms with Crippen molar-refractivity contribution in [3.05, 3.63) is 68.4 Å². The number of hydrogen-bond acceptors (Lipinski definition) is 9. The molecule has 11 heteroatoms. The van der Waals surface area contributed by atoms with E-state index in [1.165, 1.54) is 28.4 Å². The van der Waals surface area contributed by atoms with Gasteiger partial charge < -0.3 is 29.5 Å². The summed E-state index contributed by atoms with van der Waals surface area (Å²) in [7, 11) is 5.99. The van der Waals surface area contributed by atoms with Crippen molar-refractivity contribution in [3.8, 4) is 34.6 Å². The van der Waals surface area contributed by atoms with Crippen LogP contribution in [0.4, 0.5) is 0 Å². The highest BCUT2D eigenvalue weighted by atomic mass is 16.5. The second-order valence-corrected chi connectivity index (χ2v) is 7.33. The van der Waals surface area contributed by atoms with Gasteiger partial charge in [-0.25, -0.2) is 9.36 Å². The van der Waals surface area contributed by atoms with Crippen molar-refractivity contribution in [3.63, 3.8) is 0 Å². The smallest absolute Gasteiger partial charge is 0.335 e. The summed E-state index contributed by atoms with van der Waals surface area (Å²) in [6.07, 6.45) is 0.229. The van der Waals surface area contributed by atoms with E-state index in [0.29, 0.717) is 28.6 Å². The Hall–Kier alpha value is -4.41. The lowest BCUT2D eigenvalue weighted by Crippen LogP contribution is -2.33. The monoisotopic (exact) mass is 468 g/mol. The van der Waals surface area contributed by atoms with Crippen molar-refractivity contribution in [1.82, 2.24) is 15.0 Å². The van der Waals surface area contributed by atoms with Gasteiger partial charge in [-0.3, -0.25) is 9.78 Å². The number of aromatic nitrogens is 2. The molecule has 3 aromatic rings. The van der Waals surface area contributed by atoms with Gasteiger partial charge in [0, 0.05) is 12.0 Å². The van der Waals surface area contributed by atoms with Crippen molar-refractivity contribution < 1.29 is 24.1 Å². The van der Waals surface area contributed by atoms with Crippen LogP contribution in [-0.2, 0) is 0 Å². The molecule has 1 aliphatic heterocycles. The van der Waals surface area contributed by atoms with Crippen LogP contribution in [0.1, 0.15) is 23.6 Å². The van der Waals surface area contributed by atoms with Crippen LogP contribution in [0.2, 0.25) is 0 Å². The minimum absolute atomic E-state index is 0.125. The summed E-state index contributed by atoms with van der Waals surface area (Å²) in [6, 6.07) is 9.79. The molecule has 178 valence electrons. The van der Waals surface area contributed by atoms with Crippen LogP contribution in [0.3, 0.4) is 0 Å². The van der Waals surface area contributed by atoms with Gasteiger partial charge in [-0.15, -0.1) is 0 Å². The highest BCUT2D eigenvalue weighted by Gasteiger charge is 2.31. The molecule has 4 rings (SSSR count). The van der Waals surface area contributed by atoms with Gasteiger partial charge in [-0.2, -0.15) is 5.10 Å². The summed E-state index contributed by atoms with van der Waals surface area (Å²) < 4.78 is 22.6. The summed E-state index contributed by atoms with van der Waals surface area (Å²) >= 11 is 0. The molecule has 1 atom stereocenters. The van der Waals surface area contributed by atoms with Crippen LogP contribution in [0, 0.1) is 0 Å². The molecular weight excluding hydrogens is 444 g/mol. The number of aromatic hydroxyl groups is 1. The first-order chi connectivity index (χ1) is 16.4. The largest absolute Gasteiger partial charge is 0.495 e. The van der Waals surface area contributed by atoms with Crippen LogP contribution in [0.5, 0.6) is 28.9 Å². The zero-order chi connectivity index (χ0) is 24.4. The second-order valence-electron chi connectivity index (χ2n) is 7.33. The Morgan fingerprint density at radius 1 is 0.941 bits per heavy atom. The maximum Gasteiger partial charge on any atom is 0.335 e. The molecule has 2 aromatic carbocycles. The topological polar surface area (TPSA) is 136 Å². The standard InChI is InChI=1S/C23H24N4O7/c1-31-16-8-6-5-7-15(16)27-22(29)18(21(28)24-23(27)30)14-11-13(25-26-14)12-9-10-17(32-2)20(34-4)19(12)33-3/h5-10,13,25,29H,11H2,1-4H3,(H,24,28,30)/t13-/m0/s1. The maximum absolute atomic E-state index is 12.7. The number of benzene rings is 2. The number of nitrogens with zero attached hydrogens (tertiary/aromatic N) is 2. The third-order valence-electron chi connectivity index (χ3n) is 5.56. The molecule has 0 fully saturated rings. The first-order valence-corrected chi connectivity index (χ1v) is 10.3. The van der Waals surface area contributed by atoms with Gasteiger partial charge in [-0.05, 0) is 24.3 Å². The van der Waals surface area contributed by atoms with Gasteiger partial charge in [0.05, 0.1) is 45.9 Å². The molecule has 0 unspecified atom stereocenters. The summed E-state index contributed by atoms with van der Waals surface area (Å²) in [4.78, 5) is 27.5. The predicted octanol–water partition coefficient (Wildman–Crippen LogP) is 1.70. The van der Waals surface area contributed by atoms with Crippen LogP contribution >= 0.6 is 0 Å². The van der Waals surface area contributed by atoms with Crippen LogP contribution in [-0.4, -0.2) is 48.8 Å². The Bertz CT molecular complexity index is 1380. The van der Waals surface area contributed by atoms with Crippen LogP contribution < -0.4 is 35.6 Å². The van der Waals surface area contributed by atoms with E-state index >= 15 is 0 Å². The Morgan fingerprint density at radius 3 is 2.32 bits per heavy atom. The van der Waals surface area contributed by atoms with E-state index < -0.39 is 23.2 Å². The van der Waals surface area contributed by atoms with Gasteiger partial charge in [0.15, 0.2) is 11.5 Å². The normalized spacial score (nSPS) is 14.8. The van der Waals surface area contributed by atoms with Gasteiger partial charge in [-0.1, -0.05) is 12.1 Å². The summed E-state index contributed by atoms with van der Waals surface area (Å²) in [5.41, 5.74) is 2.54. The molecule has 11 nitrogen and oxygen atoms in total. The zero-order valence-electron chi connectivity index (χ0n) is 19.0. The SMILES string of the molecule is COc1ccccc1-n1c(O)c(C2=NN[C@H](c3ccc(OC)c(OC)c3OC)C2)c(=O)[nH]c1=O. The first-order valence-electron chi connectivity index (χ1n) is 10.3. The number of ether oxygens (including phenoxy) is 4. The third kappa shape index (κ3) is 3.70. The number of nitrogens with one attached hydrogen (secondary N) is 2. The number of H-pyrrole nitrogens is 1. The number of methoxy groups -OCH3 is 4. The summed E-state index contributed by atoms with van der Waals surface area (Å²) in [5.74, 6) is 1.17. The van der Waals surface area contributed by atoms with Crippen LogP contribution in [0.25, 0.3) is 5.69 Å². The first kappa shape index (κ1) is 22.8. The molecule has 0 radical (unpaired) electrons. The summed E-state index contributed by atoms with van der Waals surface area (Å²) in [6.45, 7) is 0. The molecule has 0 aliphatic carbocycles. The molecule has 3 N–H and O–H groups in total. The third-order valence-corrected chi connectivity index (χ3v) is 5.56. The minimum atomic E-state index is -0.805. The lowest BCUT2D eigenvalue weighted by Gasteiger charge is -2.19. The molecule has 0 amide bonds. The number of para-hydroxylation sites is 2. The molecule has 1 aliphatic rings. The number of rotatable bonds is 7. The quantitative estimate of drug-likeness (QED) is 0.477. The number of hydrogen-bond donors (Lipinski definition) is 3. The fourth-order valence-electron chi connectivity index (χ4n) is 4.00. The molecule has 0 bridgehead atoms. The molecule has 2 heterocycles. The average molecular weight is 468 g/mol. The zero-order valence-corrected chi connectivity index (χ0v) is 19.0. The van der Waals surface area contributed by atoms with Gasteiger partial charge in [0.1, 0.15) is 11.3 Å².